The monoisotopic (exact) mass is 421 g/mol. The maximum Gasteiger partial charge on any atom is 0.255 e. The van der Waals surface area contributed by atoms with Crippen molar-refractivity contribution in [2.45, 2.75) is 52.7 Å². The molecule has 1 aliphatic heterocycles. The molecule has 1 N–H and O–H groups in total. The lowest BCUT2D eigenvalue weighted by atomic mass is 10.0. The summed E-state index contributed by atoms with van der Waals surface area (Å²) in [6, 6.07) is 12.3. The lowest BCUT2D eigenvalue weighted by molar-refractivity contribution is 0.0932. The van der Waals surface area contributed by atoms with E-state index in [9.17, 15) is 4.79 Å². The van der Waals surface area contributed by atoms with Gasteiger partial charge < -0.3 is 14.6 Å². The van der Waals surface area contributed by atoms with Gasteiger partial charge in [0.2, 0.25) is 0 Å². The highest BCUT2D eigenvalue weighted by atomic mass is 16.5. The number of fused-ring (bicyclic) bond motifs is 1. The molecule has 1 fully saturated rings. The van der Waals surface area contributed by atoms with Gasteiger partial charge in [0.15, 0.2) is 0 Å². The van der Waals surface area contributed by atoms with E-state index in [0.717, 1.165) is 47.3 Å². The highest BCUT2D eigenvalue weighted by Crippen LogP contribution is 2.28. The summed E-state index contributed by atoms with van der Waals surface area (Å²) in [4.78, 5) is 15.7. The van der Waals surface area contributed by atoms with Crippen molar-refractivity contribution in [2.75, 3.05) is 19.6 Å². The number of hydrogen-bond acceptors (Lipinski definition) is 5. The first-order valence-electron chi connectivity index (χ1n) is 11.2. The van der Waals surface area contributed by atoms with Crippen molar-refractivity contribution in [1.29, 1.82) is 0 Å². The summed E-state index contributed by atoms with van der Waals surface area (Å²) in [6.07, 6.45) is 3.51. The number of nitrogens with zero attached hydrogens (tertiary/aromatic N) is 2. The van der Waals surface area contributed by atoms with E-state index in [-0.39, 0.29) is 5.91 Å². The fraction of sp³-hybridized carbons (Fsp3) is 0.440. The minimum atomic E-state index is -0.0998. The van der Waals surface area contributed by atoms with Gasteiger partial charge >= 0.3 is 0 Å². The zero-order valence-corrected chi connectivity index (χ0v) is 18.6. The van der Waals surface area contributed by atoms with E-state index < -0.39 is 0 Å². The summed E-state index contributed by atoms with van der Waals surface area (Å²) in [7, 11) is 0. The second-order valence-electron chi connectivity index (χ2n) is 8.30. The lowest BCUT2D eigenvalue weighted by Crippen LogP contribution is -2.42. The minimum absolute atomic E-state index is 0.0998. The summed E-state index contributed by atoms with van der Waals surface area (Å²) in [5, 5.41) is 9.21. The smallest absolute Gasteiger partial charge is 0.255 e. The van der Waals surface area contributed by atoms with Crippen LogP contribution in [0.2, 0.25) is 0 Å². The van der Waals surface area contributed by atoms with Crippen molar-refractivity contribution in [3.05, 3.63) is 59.0 Å². The van der Waals surface area contributed by atoms with E-state index in [4.69, 9.17) is 9.26 Å². The van der Waals surface area contributed by atoms with Gasteiger partial charge in [-0.15, -0.1) is 0 Å². The number of aromatic nitrogens is 1. The summed E-state index contributed by atoms with van der Waals surface area (Å²) in [5.41, 5.74) is 2.28. The summed E-state index contributed by atoms with van der Waals surface area (Å²) in [5.74, 6) is 1.21. The van der Waals surface area contributed by atoms with Gasteiger partial charge in [0.1, 0.15) is 18.1 Å². The summed E-state index contributed by atoms with van der Waals surface area (Å²) >= 11 is 0. The van der Waals surface area contributed by atoms with Crippen LogP contribution in [0.3, 0.4) is 0 Å². The van der Waals surface area contributed by atoms with E-state index in [1.165, 1.54) is 12.8 Å². The molecule has 1 aliphatic rings. The molecule has 2 aromatic carbocycles. The Labute approximate surface area is 183 Å². The van der Waals surface area contributed by atoms with Crippen LogP contribution in [-0.4, -0.2) is 41.6 Å². The zero-order valence-electron chi connectivity index (χ0n) is 18.6. The quantitative estimate of drug-likeness (QED) is 0.574. The Morgan fingerprint density at radius 1 is 1.19 bits per heavy atom. The van der Waals surface area contributed by atoms with Gasteiger partial charge in [0.25, 0.3) is 5.91 Å². The van der Waals surface area contributed by atoms with Crippen LogP contribution in [0.4, 0.5) is 0 Å². The number of rotatable bonds is 8. The molecule has 6 nitrogen and oxygen atoms in total. The number of aryl methyl sites for hydroxylation is 2. The van der Waals surface area contributed by atoms with E-state index in [1.807, 2.05) is 50.2 Å². The molecule has 0 spiro atoms. The molecule has 6 heteroatoms. The summed E-state index contributed by atoms with van der Waals surface area (Å²) in [6.45, 7) is 9.15. The molecule has 0 saturated carbocycles. The molecule has 0 bridgehead atoms. The third-order valence-electron chi connectivity index (χ3n) is 6.27. The van der Waals surface area contributed by atoms with Crippen LogP contribution in [-0.2, 0) is 6.61 Å². The molecule has 1 atom stereocenters. The van der Waals surface area contributed by atoms with Crippen molar-refractivity contribution in [3.8, 4) is 5.75 Å². The molecule has 1 aromatic heterocycles. The van der Waals surface area contributed by atoms with Crippen LogP contribution >= 0.6 is 0 Å². The van der Waals surface area contributed by atoms with Crippen molar-refractivity contribution in [1.82, 2.24) is 15.4 Å². The molecule has 1 saturated heterocycles. The Morgan fingerprint density at radius 3 is 2.55 bits per heavy atom. The van der Waals surface area contributed by atoms with Gasteiger partial charge in [-0.2, -0.15) is 0 Å². The van der Waals surface area contributed by atoms with Crippen LogP contribution in [0.1, 0.15) is 53.6 Å². The molecule has 0 unspecified atom stereocenters. The van der Waals surface area contributed by atoms with Gasteiger partial charge in [-0.3, -0.25) is 9.69 Å². The van der Waals surface area contributed by atoms with Gasteiger partial charge in [-0.1, -0.05) is 36.3 Å². The third kappa shape index (κ3) is 4.74. The van der Waals surface area contributed by atoms with Crippen molar-refractivity contribution >= 4 is 16.7 Å². The molecule has 1 amide bonds. The van der Waals surface area contributed by atoms with Crippen molar-refractivity contribution in [2.24, 2.45) is 0 Å². The van der Waals surface area contributed by atoms with E-state index >= 15 is 0 Å². The third-order valence-corrected chi connectivity index (χ3v) is 6.27. The second kappa shape index (κ2) is 9.52. The second-order valence-corrected chi connectivity index (χ2v) is 8.30. The summed E-state index contributed by atoms with van der Waals surface area (Å²) < 4.78 is 11.4. The fourth-order valence-electron chi connectivity index (χ4n) is 4.32. The Hall–Kier alpha value is -2.86. The van der Waals surface area contributed by atoms with Crippen LogP contribution in [0, 0.1) is 13.8 Å². The zero-order chi connectivity index (χ0) is 21.8. The first-order chi connectivity index (χ1) is 15.1. The lowest BCUT2D eigenvalue weighted by Gasteiger charge is -2.26. The molecule has 0 aliphatic carbocycles. The fourth-order valence-corrected chi connectivity index (χ4v) is 4.32. The maximum atomic E-state index is 13.2. The van der Waals surface area contributed by atoms with Crippen molar-refractivity contribution in [3.63, 3.8) is 0 Å². The maximum absolute atomic E-state index is 13.2. The first-order valence-corrected chi connectivity index (χ1v) is 11.2. The molecule has 164 valence electrons. The van der Waals surface area contributed by atoms with E-state index in [2.05, 4.69) is 22.3 Å². The Morgan fingerprint density at radius 2 is 1.90 bits per heavy atom. The van der Waals surface area contributed by atoms with E-state index in [1.54, 1.807) is 0 Å². The first kappa shape index (κ1) is 21.4. The Balaban J connectivity index is 1.55. The number of carbonyl (C=O) groups excluding carboxylic acids is 1. The topological polar surface area (TPSA) is 67.6 Å². The highest BCUT2D eigenvalue weighted by molar-refractivity contribution is 6.01. The SMILES string of the molecule is CC[C@@H](CNC(=O)c1cc2ccccc2cc1OCc1c(C)noc1C)N1CCCC1. The number of likely N-dealkylation sites (tertiary alicyclic amines) is 1. The number of carbonyl (C=O) groups is 1. The molecule has 2 heterocycles. The average Bonchev–Trinajstić information content (AvgIpc) is 3.42. The number of hydrogen-bond donors (Lipinski definition) is 1. The van der Waals surface area contributed by atoms with Crippen molar-refractivity contribution < 1.29 is 14.1 Å². The number of ether oxygens (including phenoxy) is 1. The minimum Gasteiger partial charge on any atom is -0.488 e. The molecular formula is C25H31N3O3. The van der Waals surface area contributed by atoms with Crippen LogP contribution in [0.25, 0.3) is 10.8 Å². The number of benzene rings is 2. The predicted molar refractivity (Wildman–Crippen MR) is 121 cm³/mol. The van der Waals surface area contributed by atoms with Crippen LogP contribution in [0.5, 0.6) is 5.75 Å². The Bertz CT molecular complexity index is 1030. The number of amides is 1. The standard InChI is InChI=1S/C25H31N3O3/c1-4-21(28-11-7-8-12-28)15-26-25(29)22-13-19-9-5-6-10-20(19)14-24(22)30-16-23-17(2)27-31-18(23)3/h5-6,9-10,13-14,21H,4,7-8,11-12,15-16H2,1-3H3,(H,26,29)/t21-/m0/s1. The molecule has 3 aromatic rings. The molecule has 4 rings (SSSR count). The normalized spacial score (nSPS) is 15.3. The Kier molecular flexibility index (Phi) is 6.56. The van der Waals surface area contributed by atoms with Gasteiger partial charge in [0.05, 0.1) is 16.8 Å². The van der Waals surface area contributed by atoms with Gasteiger partial charge in [-0.05, 0) is 69.1 Å². The average molecular weight is 422 g/mol. The predicted octanol–water partition coefficient (Wildman–Crippen LogP) is 4.63. The largest absolute Gasteiger partial charge is 0.488 e. The number of nitrogens with one attached hydrogen (secondary N) is 1. The molecule has 31 heavy (non-hydrogen) atoms. The van der Waals surface area contributed by atoms with Crippen LogP contribution < -0.4 is 10.1 Å². The highest BCUT2D eigenvalue weighted by Gasteiger charge is 2.22. The van der Waals surface area contributed by atoms with E-state index in [0.29, 0.717) is 30.5 Å². The van der Waals surface area contributed by atoms with Gasteiger partial charge in [0, 0.05) is 12.6 Å². The van der Waals surface area contributed by atoms with Crippen LogP contribution in [0.15, 0.2) is 40.9 Å². The molecular weight excluding hydrogens is 390 g/mol. The van der Waals surface area contributed by atoms with Gasteiger partial charge in [-0.25, -0.2) is 0 Å². The molecule has 0 radical (unpaired) electrons.